The van der Waals surface area contributed by atoms with Gasteiger partial charge in [0.05, 0.1) is 13.0 Å². The molecule has 0 amide bonds. The Morgan fingerprint density at radius 3 is 2.47 bits per heavy atom. The van der Waals surface area contributed by atoms with Crippen LogP contribution in [0.2, 0.25) is 0 Å². The zero-order valence-electron chi connectivity index (χ0n) is 10.6. The molecule has 0 bridgehead atoms. The lowest BCUT2D eigenvalue weighted by Gasteiger charge is -2.21. The van der Waals surface area contributed by atoms with Gasteiger partial charge in [0, 0.05) is 0 Å². The van der Waals surface area contributed by atoms with E-state index in [1.165, 1.54) is 0 Å². The van der Waals surface area contributed by atoms with Gasteiger partial charge < -0.3 is 4.74 Å². The molecule has 2 nitrogen and oxygen atoms in total. The van der Waals surface area contributed by atoms with Gasteiger partial charge in [-0.2, -0.15) is 0 Å². The van der Waals surface area contributed by atoms with Gasteiger partial charge in [-0.15, -0.1) is 0 Å². The van der Waals surface area contributed by atoms with Crippen molar-refractivity contribution in [3.63, 3.8) is 0 Å². The van der Waals surface area contributed by atoms with Crippen LogP contribution in [0.4, 0.5) is 0 Å². The van der Waals surface area contributed by atoms with E-state index < -0.39 is 0 Å². The molecule has 88 valence electrons. The molecular weight excluding hydrogens is 188 g/mol. The lowest BCUT2D eigenvalue weighted by Crippen LogP contribution is -2.12. The molecule has 0 aromatic heterocycles. The Hall–Kier alpha value is -0.790. The number of carbonyl (C=O) groups is 1. The first-order chi connectivity index (χ1) is 6.87. The molecule has 0 aliphatic heterocycles. The first-order valence-electron chi connectivity index (χ1n) is 5.67. The average molecular weight is 212 g/mol. The Labute approximate surface area is 93.7 Å². The quantitative estimate of drug-likeness (QED) is 0.365. The SMILES string of the molecule is C=C(C)CC(=O)OCCCC(C)(C)CC. The molecule has 0 radical (unpaired) electrons. The highest BCUT2D eigenvalue weighted by Crippen LogP contribution is 2.25. The maximum atomic E-state index is 11.2. The van der Waals surface area contributed by atoms with Gasteiger partial charge in [-0.1, -0.05) is 39.3 Å². The summed E-state index contributed by atoms with van der Waals surface area (Å²) in [5, 5.41) is 0. The summed E-state index contributed by atoms with van der Waals surface area (Å²) in [6.07, 6.45) is 3.55. The summed E-state index contributed by atoms with van der Waals surface area (Å²) in [6, 6.07) is 0. The number of rotatable bonds is 7. The molecule has 0 spiro atoms. The summed E-state index contributed by atoms with van der Waals surface area (Å²) in [5.41, 5.74) is 1.22. The molecule has 0 unspecified atom stereocenters. The number of hydrogen-bond donors (Lipinski definition) is 0. The molecule has 0 saturated heterocycles. The van der Waals surface area contributed by atoms with Crippen LogP contribution in [-0.2, 0) is 9.53 Å². The predicted molar refractivity (Wildman–Crippen MR) is 63.7 cm³/mol. The van der Waals surface area contributed by atoms with Crippen LogP contribution in [0.25, 0.3) is 0 Å². The summed E-state index contributed by atoms with van der Waals surface area (Å²) in [5.74, 6) is -0.156. The third-order valence-corrected chi connectivity index (χ3v) is 2.66. The molecule has 0 saturated carbocycles. The van der Waals surface area contributed by atoms with Gasteiger partial charge >= 0.3 is 5.97 Å². The second-order valence-corrected chi connectivity index (χ2v) is 4.98. The maximum Gasteiger partial charge on any atom is 0.309 e. The summed E-state index contributed by atoms with van der Waals surface area (Å²) < 4.78 is 5.09. The fourth-order valence-electron chi connectivity index (χ4n) is 1.21. The Balaban J connectivity index is 3.55. The van der Waals surface area contributed by atoms with Crippen LogP contribution in [0.5, 0.6) is 0 Å². The van der Waals surface area contributed by atoms with Gasteiger partial charge in [-0.05, 0) is 25.2 Å². The Bertz CT molecular complexity index is 217. The van der Waals surface area contributed by atoms with E-state index >= 15 is 0 Å². The van der Waals surface area contributed by atoms with Crippen LogP contribution in [-0.4, -0.2) is 12.6 Å². The summed E-state index contributed by atoms with van der Waals surface area (Å²) in [4.78, 5) is 11.2. The molecule has 0 fully saturated rings. The van der Waals surface area contributed by atoms with Gasteiger partial charge in [-0.3, -0.25) is 4.79 Å². The molecule has 0 N–H and O–H groups in total. The highest BCUT2D eigenvalue weighted by Gasteiger charge is 2.14. The Morgan fingerprint density at radius 2 is 2.00 bits per heavy atom. The van der Waals surface area contributed by atoms with Crippen molar-refractivity contribution in [1.82, 2.24) is 0 Å². The highest BCUT2D eigenvalue weighted by atomic mass is 16.5. The van der Waals surface area contributed by atoms with Gasteiger partial charge in [0.2, 0.25) is 0 Å². The van der Waals surface area contributed by atoms with E-state index in [9.17, 15) is 4.79 Å². The number of ether oxygens (including phenoxy) is 1. The lowest BCUT2D eigenvalue weighted by atomic mass is 9.85. The topological polar surface area (TPSA) is 26.3 Å². The van der Waals surface area contributed by atoms with Crippen LogP contribution in [0, 0.1) is 5.41 Å². The zero-order chi connectivity index (χ0) is 11.9. The van der Waals surface area contributed by atoms with Crippen molar-refractivity contribution >= 4 is 5.97 Å². The second kappa shape index (κ2) is 6.65. The van der Waals surface area contributed by atoms with Crippen molar-refractivity contribution in [3.05, 3.63) is 12.2 Å². The maximum absolute atomic E-state index is 11.2. The van der Waals surface area contributed by atoms with Crippen molar-refractivity contribution in [2.24, 2.45) is 5.41 Å². The van der Waals surface area contributed by atoms with E-state index in [1.807, 2.05) is 6.92 Å². The molecule has 0 atom stereocenters. The molecule has 0 aromatic rings. The number of hydrogen-bond acceptors (Lipinski definition) is 2. The van der Waals surface area contributed by atoms with Crippen molar-refractivity contribution < 1.29 is 9.53 Å². The lowest BCUT2D eigenvalue weighted by molar-refractivity contribution is -0.143. The molecule has 0 aliphatic rings. The normalized spacial score (nSPS) is 11.2. The van der Waals surface area contributed by atoms with E-state index in [-0.39, 0.29) is 5.97 Å². The van der Waals surface area contributed by atoms with Gasteiger partial charge in [0.25, 0.3) is 0 Å². The van der Waals surface area contributed by atoms with E-state index in [1.54, 1.807) is 0 Å². The molecule has 0 rings (SSSR count). The summed E-state index contributed by atoms with van der Waals surface area (Å²) >= 11 is 0. The van der Waals surface area contributed by atoms with Crippen LogP contribution < -0.4 is 0 Å². The molecule has 0 aromatic carbocycles. The number of carbonyl (C=O) groups excluding carboxylic acids is 1. The van der Waals surface area contributed by atoms with E-state index in [0.717, 1.165) is 24.8 Å². The minimum Gasteiger partial charge on any atom is -0.465 e. The molecular formula is C13H24O2. The summed E-state index contributed by atoms with van der Waals surface area (Å²) in [6.45, 7) is 12.7. The third-order valence-electron chi connectivity index (χ3n) is 2.66. The monoisotopic (exact) mass is 212 g/mol. The highest BCUT2D eigenvalue weighted by molar-refractivity contribution is 5.72. The van der Waals surface area contributed by atoms with E-state index in [4.69, 9.17) is 4.74 Å². The minimum absolute atomic E-state index is 0.156. The number of esters is 1. The second-order valence-electron chi connectivity index (χ2n) is 4.98. The van der Waals surface area contributed by atoms with Crippen molar-refractivity contribution in [2.45, 2.75) is 53.4 Å². The molecule has 2 heteroatoms. The fourth-order valence-corrected chi connectivity index (χ4v) is 1.21. The molecule has 15 heavy (non-hydrogen) atoms. The third kappa shape index (κ3) is 8.22. The van der Waals surface area contributed by atoms with Crippen LogP contribution in [0.1, 0.15) is 53.4 Å². The Morgan fingerprint density at radius 1 is 1.40 bits per heavy atom. The summed E-state index contributed by atoms with van der Waals surface area (Å²) in [7, 11) is 0. The van der Waals surface area contributed by atoms with E-state index in [0.29, 0.717) is 18.4 Å². The van der Waals surface area contributed by atoms with Crippen LogP contribution in [0.3, 0.4) is 0 Å². The first kappa shape index (κ1) is 14.2. The van der Waals surface area contributed by atoms with Gasteiger partial charge in [-0.25, -0.2) is 0 Å². The zero-order valence-corrected chi connectivity index (χ0v) is 10.6. The van der Waals surface area contributed by atoms with E-state index in [2.05, 4.69) is 27.4 Å². The standard InChI is InChI=1S/C13H24O2/c1-6-13(4,5)8-7-9-15-12(14)10-11(2)3/h2,6-10H2,1,3-5H3. The van der Waals surface area contributed by atoms with Crippen molar-refractivity contribution in [1.29, 1.82) is 0 Å². The average Bonchev–Trinajstić information content (AvgIpc) is 2.11. The van der Waals surface area contributed by atoms with Gasteiger partial charge in [0.15, 0.2) is 0 Å². The molecule has 0 heterocycles. The van der Waals surface area contributed by atoms with Crippen molar-refractivity contribution in [3.8, 4) is 0 Å². The largest absolute Gasteiger partial charge is 0.465 e. The van der Waals surface area contributed by atoms with Crippen LogP contribution in [0.15, 0.2) is 12.2 Å². The minimum atomic E-state index is -0.156. The Kier molecular flexibility index (Phi) is 6.30. The van der Waals surface area contributed by atoms with Crippen molar-refractivity contribution in [2.75, 3.05) is 6.61 Å². The van der Waals surface area contributed by atoms with Gasteiger partial charge in [0.1, 0.15) is 0 Å². The first-order valence-corrected chi connectivity index (χ1v) is 5.67. The smallest absolute Gasteiger partial charge is 0.309 e. The predicted octanol–water partition coefficient (Wildman–Crippen LogP) is 3.71. The fraction of sp³-hybridized carbons (Fsp3) is 0.769. The van der Waals surface area contributed by atoms with Crippen LogP contribution >= 0.6 is 0 Å². The molecule has 0 aliphatic carbocycles.